The van der Waals surface area contributed by atoms with E-state index in [0.717, 1.165) is 0 Å². The smallest absolute Gasteiger partial charge is 0.213 e. The maximum absolute atomic E-state index is 12.3. The third kappa shape index (κ3) is 2.70. The fraction of sp³-hybridized carbons (Fsp3) is 0.222. The Morgan fingerprint density at radius 3 is 3.00 bits per heavy atom. The molecule has 3 heteroatoms. The summed E-state index contributed by atoms with van der Waals surface area (Å²) >= 11 is 0. The summed E-state index contributed by atoms with van der Waals surface area (Å²) in [6.07, 6.45) is 5.11. The van der Waals surface area contributed by atoms with Crippen LogP contribution in [0.15, 0.2) is 30.5 Å². The predicted octanol–water partition coefficient (Wildman–Crippen LogP) is 2.18. The van der Waals surface area contributed by atoms with Crippen LogP contribution in [-0.4, -0.2) is 11.6 Å². The van der Waals surface area contributed by atoms with Crippen molar-refractivity contribution in [3.63, 3.8) is 0 Å². The third-order valence-corrected chi connectivity index (χ3v) is 1.28. The summed E-state index contributed by atoms with van der Waals surface area (Å²) in [4.78, 5) is 3.44. The van der Waals surface area contributed by atoms with E-state index in [1.807, 2.05) is 19.1 Å². The lowest BCUT2D eigenvalue weighted by Gasteiger charge is -2.00. The van der Waals surface area contributed by atoms with Crippen LogP contribution in [0, 0.1) is 5.95 Å². The van der Waals surface area contributed by atoms with Gasteiger partial charge >= 0.3 is 0 Å². The van der Waals surface area contributed by atoms with E-state index in [2.05, 4.69) is 4.98 Å². The van der Waals surface area contributed by atoms with Gasteiger partial charge in [0.15, 0.2) is 0 Å². The molecule has 1 aromatic heterocycles. The number of nitrogens with zero attached hydrogens (tertiary/aromatic N) is 1. The second-order valence-electron chi connectivity index (χ2n) is 2.20. The molecule has 2 nitrogen and oxygen atoms in total. The fourth-order valence-corrected chi connectivity index (χ4v) is 0.688. The molecule has 64 valence electrons. The van der Waals surface area contributed by atoms with Crippen LogP contribution in [0.3, 0.4) is 0 Å². The number of ether oxygens (including phenoxy) is 1. The lowest BCUT2D eigenvalue weighted by atomic mass is 10.4. The van der Waals surface area contributed by atoms with Crippen LogP contribution in [0.1, 0.15) is 6.92 Å². The van der Waals surface area contributed by atoms with Crippen LogP contribution in [-0.2, 0) is 0 Å². The van der Waals surface area contributed by atoms with Crippen LogP contribution < -0.4 is 4.74 Å². The predicted molar refractivity (Wildman–Crippen MR) is 44.5 cm³/mol. The molecule has 0 aliphatic rings. The number of allylic oxidation sites excluding steroid dienone is 1. The van der Waals surface area contributed by atoms with E-state index >= 15 is 0 Å². The molecule has 0 saturated carbocycles. The number of halogens is 1. The summed E-state index contributed by atoms with van der Waals surface area (Å²) in [6, 6.07) is 2.82. The SMILES string of the molecule is C/C=C/COc1ccc(F)nc1. The van der Waals surface area contributed by atoms with E-state index < -0.39 is 5.95 Å². The molecule has 0 aliphatic carbocycles. The first-order valence-corrected chi connectivity index (χ1v) is 3.68. The molecular weight excluding hydrogens is 157 g/mol. The molecule has 1 heterocycles. The molecule has 0 aliphatic heterocycles. The van der Waals surface area contributed by atoms with Gasteiger partial charge in [-0.15, -0.1) is 0 Å². The van der Waals surface area contributed by atoms with Crippen LogP contribution in [0.25, 0.3) is 0 Å². The number of pyridine rings is 1. The Labute approximate surface area is 70.7 Å². The Morgan fingerprint density at radius 1 is 1.58 bits per heavy atom. The van der Waals surface area contributed by atoms with E-state index in [4.69, 9.17) is 4.74 Å². The first kappa shape index (κ1) is 8.71. The number of hydrogen-bond donors (Lipinski definition) is 0. The van der Waals surface area contributed by atoms with E-state index in [0.29, 0.717) is 12.4 Å². The normalized spacial score (nSPS) is 10.5. The summed E-state index contributed by atoms with van der Waals surface area (Å²) < 4.78 is 17.5. The Balaban J connectivity index is 2.47. The summed E-state index contributed by atoms with van der Waals surface area (Å²) in [5.74, 6) is 0.0860. The first-order valence-electron chi connectivity index (χ1n) is 3.68. The van der Waals surface area contributed by atoms with Gasteiger partial charge in [-0.3, -0.25) is 0 Å². The molecule has 12 heavy (non-hydrogen) atoms. The average Bonchev–Trinajstić information content (AvgIpc) is 2.09. The molecule has 0 radical (unpaired) electrons. The Bertz CT molecular complexity index is 256. The van der Waals surface area contributed by atoms with Crippen molar-refractivity contribution in [1.29, 1.82) is 0 Å². The molecule has 0 unspecified atom stereocenters. The van der Waals surface area contributed by atoms with Gasteiger partial charge in [-0.25, -0.2) is 4.98 Å². The summed E-state index contributed by atoms with van der Waals surface area (Å²) in [5, 5.41) is 0. The van der Waals surface area contributed by atoms with Crippen molar-refractivity contribution < 1.29 is 9.13 Å². The summed E-state index contributed by atoms with van der Waals surface area (Å²) in [6.45, 7) is 2.40. The van der Waals surface area contributed by atoms with Gasteiger partial charge in [0.2, 0.25) is 5.95 Å². The van der Waals surface area contributed by atoms with E-state index in [1.54, 1.807) is 6.07 Å². The number of rotatable bonds is 3. The molecule has 0 N–H and O–H groups in total. The largest absolute Gasteiger partial charge is 0.488 e. The van der Waals surface area contributed by atoms with Crippen molar-refractivity contribution in [2.45, 2.75) is 6.92 Å². The summed E-state index contributed by atoms with van der Waals surface area (Å²) in [7, 11) is 0. The highest BCUT2D eigenvalue weighted by molar-refractivity contribution is 5.16. The first-order chi connectivity index (χ1) is 5.83. The van der Waals surface area contributed by atoms with Crippen molar-refractivity contribution in [3.05, 3.63) is 36.4 Å². The van der Waals surface area contributed by atoms with Gasteiger partial charge in [0.25, 0.3) is 0 Å². The molecule has 0 aromatic carbocycles. The molecule has 1 aromatic rings. The van der Waals surface area contributed by atoms with Crippen molar-refractivity contribution in [1.82, 2.24) is 4.98 Å². The maximum Gasteiger partial charge on any atom is 0.213 e. The van der Waals surface area contributed by atoms with Gasteiger partial charge in [0.05, 0.1) is 6.20 Å². The van der Waals surface area contributed by atoms with Gasteiger partial charge in [-0.1, -0.05) is 12.2 Å². The Morgan fingerprint density at radius 2 is 2.42 bits per heavy atom. The highest BCUT2D eigenvalue weighted by Gasteiger charge is 1.92. The standard InChI is InChI=1S/C9H10FNO/c1-2-3-6-12-8-4-5-9(10)11-7-8/h2-5,7H,6H2,1H3/b3-2+. The van der Waals surface area contributed by atoms with Crippen molar-refractivity contribution in [2.24, 2.45) is 0 Å². The maximum atomic E-state index is 12.3. The van der Waals surface area contributed by atoms with Crippen LogP contribution in [0.2, 0.25) is 0 Å². The molecule has 0 amide bonds. The fourth-order valence-electron chi connectivity index (χ4n) is 0.688. The molecular formula is C9H10FNO. The minimum atomic E-state index is -0.492. The molecule has 0 atom stereocenters. The van der Waals surface area contributed by atoms with Crippen LogP contribution in [0.5, 0.6) is 5.75 Å². The Kier molecular flexibility index (Phi) is 3.26. The number of aromatic nitrogens is 1. The lowest BCUT2D eigenvalue weighted by Crippen LogP contribution is -1.93. The quantitative estimate of drug-likeness (QED) is 0.508. The zero-order valence-electron chi connectivity index (χ0n) is 6.83. The number of hydrogen-bond acceptors (Lipinski definition) is 2. The second-order valence-corrected chi connectivity index (χ2v) is 2.20. The Hall–Kier alpha value is -1.38. The molecule has 0 bridgehead atoms. The van der Waals surface area contributed by atoms with Crippen molar-refractivity contribution in [3.8, 4) is 5.75 Å². The summed E-state index contributed by atoms with van der Waals surface area (Å²) in [5.41, 5.74) is 0. The zero-order chi connectivity index (χ0) is 8.81. The van der Waals surface area contributed by atoms with Gasteiger partial charge in [0.1, 0.15) is 12.4 Å². The minimum absolute atomic E-state index is 0.490. The highest BCUT2D eigenvalue weighted by atomic mass is 19.1. The molecule has 1 rings (SSSR count). The minimum Gasteiger partial charge on any atom is -0.488 e. The topological polar surface area (TPSA) is 22.1 Å². The van der Waals surface area contributed by atoms with Crippen LogP contribution in [0.4, 0.5) is 4.39 Å². The van der Waals surface area contributed by atoms with E-state index in [-0.39, 0.29) is 0 Å². The highest BCUT2D eigenvalue weighted by Crippen LogP contribution is 2.07. The zero-order valence-corrected chi connectivity index (χ0v) is 6.83. The van der Waals surface area contributed by atoms with Gasteiger partial charge in [0, 0.05) is 0 Å². The average molecular weight is 167 g/mol. The van der Waals surface area contributed by atoms with Crippen molar-refractivity contribution in [2.75, 3.05) is 6.61 Å². The monoisotopic (exact) mass is 167 g/mol. The molecule has 0 spiro atoms. The van der Waals surface area contributed by atoms with E-state index in [1.165, 1.54) is 12.3 Å². The lowest BCUT2D eigenvalue weighted by molar-refractivity contribution is 0.359. The molecule has 0 saturated heterocycles. The van der Waals surface area contributed by atoms with Crippen LogP contribution >= 0.6 is 0 Å². The van der Waals surface area contributed by atoms with Gasteiger partial charge < -0.3 is 4.74 Å². The van der Waals surface area contributed by atoms with Gasteiger partial charge in [-0.05, 0) is 19.1 Å². The van der Waals surface area contributed by atoms with Crippen molar-refractivity contribution >= 4 is 0 Å². The molecule has 0 fully saturated rings. The third-order valence-electron chi connectivity index (χ3n) is 1.28. The van der Waals surface area contributed by atoms with E-state index in [9.17, 15) is 4.39 Å². The van der Waals surface area contributed by atoms with Gasteiger partial charge in [-0.2, -0.15) is 4.39 Å². The second kappa shape index (κ2) is 4.49.